The minimum absolute atomic E-state index is 0.200. The molecule has 138 valence electrons. The van der Waals surface area contributed by atoms with E-state index in [1.54, 1.807) is 22.9 Å². The van der Waals surface area contributed by atoms with Gasteiger partial charge in [-0.3, -0.25) is 4.79 Å². The van der Waals surface area contributed by atoms with Crippen LogP contribution in [0.4, 0.5) is 5.82 Å². The number of amides is 1. The Labute approximate surface area is 157 Å². The molecule has 1 aliphatic rings. The van der Waals surface area contributed by atoms with Crippen LogP contribution in [0.25, 0.3) is 5.69 Å². The second-order valence-electron chi connectivity index (χ2n) is 6.82. The molecule has 1 N–H and O–H groups in total. The number of nitrogens with zero attached hydrogens (tertiary/aromatic N) is 2. The van der Waals surface area contributed by atoms with Gasteiger partial charge in [0, 0.05) is 17.2 Å². The summed E-state index contributed by atoms with van der Waals surface area (Å²) in [6.07, 6.45) is 0. The molecule has 6 nitrogen and oxygen atoms in total. The highest BCUT2D eigenvalue weighted by Crippen LogP contribution is 2.25. The molecule has 0 spiro atoms. The third kappa shape index (κ3) is 3.57. The van der Waals surface area contributed by atoms with Crippen molar-refractivity contribution in [3.8, 4) is 11.4 Å². The van der Waals surface area contributed by atoms with Gasteiger partial charge in [-0.05, 0) is 62.2 Å². The van der Waals surface area contributed by atoms with Gasteiger partial charge in [0.25, 0.3) is 5.91 Å². The summed E-state index contributed by atoms with van der Waals surface area (Å²) in [5, 5.41) is 7.51. The van der Waals surface area contributed by atoms with Crippen molar-refractivity contribution in [2.75, 3.05) is 12.1 Å². The first-order valence-electron chi connectivity index (χ1n) is 8.80. The monoisotopic (exact) mass is 363 g/mol. The zero-order valence-electron chi connectivity index (χ0n) is 15.6. The Bertz CT molecular complexity index is 1000. The molecule has 1 aliphatic heterocycles. The molecule has 0 fully saturated rings. The third-order valence-electron chi connectivity index (χ3n) is 4.40. The summed E-state index contributed by atoms with van der Waals surface area (Å²) in [6.45, 7) is 6.68. The first-order chi connectivity index (χ1) is 13.0. The van der Waals surface area contributed by atoms with Crippen LogP contribution in [-0.4, -0.2) is 22.5 Å². The van der Waals surface area contributed by atoms with Crippen molar-refractivity contribution < 1.29 is 14.3 Å². The topological polar surface area (TPSA) is 65.4 Å². The fourth-order valence-electron chi connectivity index (χ4n) is 3.28. The van der Waals surface area contributed by atoms with Crippen LogP contribution in [0.2, 0.25) is 0 Å². The molecule has 6 heteroatoms. The number of hydrogen-bond acceptors (Lipinski definition) is 4. The molecular weight excluding hydrogens is 342 g/mol. The average Bonchev–Trinajstić information content (AvgIpc) is 3.00. The van der Waals surface area contributed by atoms with E-state index >= 15 is 0 Å². The predicted octanol–water partition coefficient (Wildman–Crippen LogP) is 3.92. The van der Waals surface area contributed by atoms with Gasteiger partial charge in [-0.1, -0.05) is 6.07 Å². The van der Waals surface area contributed by atoms with Crippen molar-refractivity contribution in [2.24, 2.45) is 0 Å². The zero-order chi connectivity index (χ0) is 19.0. The molecule has 3 aromatic rings. The first-order valence-corrected chi connectivity index (χ1v) is 8.80. The van der Waals surface area contributed by atoms with Crippen molar-refractivity contribution in [1.29, 1.82) is 0 Å². The van der Waals surface area contributed by atoms with Crippen molar-refractivity contribution in [1.82, 2.24) is 9.78 Å². The molecule has 2 aromatic carbocycles. The summed E-state index contributed by atoms with van der Waals surface area (Å²) in [6, 6.07) is 13.4. The molecule has 0 atom stereocenters. The Kier molecular flexibility index (Phi) is 4.41. The maximum atomic E-state index is 12.8. The van der Waals surface area contributed by atoms with Gasteiger partial charge in [-0.25, -0.2) is 4.68 Å². The van der Waals surface area contributed by atoms with Gasteiger partial charge in [0.15, 0.2) is 6.79 Å². The molecule has 0 saturated heterocycles. The van der Waals surface area contributed by atoms with Crippen LogP contribution in [0, 0.1) is 20.8 Å². The summed E-state index contributed by atoms with van der Waals surface area (Å²) >= 11 is 0. The van der Waals surface area contributed by atoms with Crippen LogP contribution >= 0.6 is 0 Å². The summed E-state index contributed by atoms with van der Waals surface area (Å²) in [7, 11) is 0. The van der Waals surface area contributed by atoms with E-state index in [9.17, 15) is 4.79 Å². The van der Waals surface area contributed by atoms with Crippen LogP contribution in [0.15, 0.2) is 42.5 Å². The van der Waals surface area contributed by atoms with Crippen molar-refractivity contribution in [2.45, 2.75) is 27.4 Å². The molecule has 0 saturated carbocycles. The standard InChI is InChI=1S/C21H21N3O3/c1-13-6-14(2)8-18(7-13)24-20(9-15(3)23-24)22-21(25)16-4-5-19-17(10-16)11-26-12-27-19/h4-10H,11-12H2,1-3H3,(H,22,25). The van der Waals surface area contributed by atoms with Gasteiger partial charge < -0.3 is 14.8 Å². The quantitative estimate of drug-likeness (QED) is 0.766. The van der Waals surface area contributed by atoms with Gasteiger partial charge >= 0.3 is 0 Å². The Balaban J connectivity index is 1.64. The van der Waals surface area contributed by atoms with Gasteiger partial charge in [0.05, 0.1) is 18.0 Å². The van der Waals surface area contributed by atoms with E-state index in [0.29, 0.717) is 18.0 Å². The second-order valence-corrected chi connectivity index (χ2v) is 6.82. The number of carbonyl (C=O) groups excluding carboxylic acids is 1. The van der Waals surface area contributed by atoms with Gasteiger partial charge in [0.2, 0.25) is 0 Å². The minimum Gasteiger partial charge on any atom is -0.467 e. The summed E-state index contributed by atoms with van der Waals surface area (Å²) in [4.78, 5) is 12.8. The molecule has 0 radical (unpaired) electrons. The van der Waals surface area contributed by atoms with E-state index in [1.165, 1.54) is 0 Å². The highest BCUT2D eigenvalue weighted by molar-refractivity contribution is 6.04. The van der Waals surface area contributed by atoms with Crippen LogP contribution in [0.3, 0.4) is 0 Å². The number of rotatable bonds is 3. The van der Waals surface area contributed by atoms with E-state index in [-0.39, 0.29) is 12.7 Å². The number of aromatic nitrogens is 2. The number of anilines is 1. The van der Waals surface area contributed by atoms with Crippen molar-refractivity contribution in [3.63, 3.8) is 0 Å². The lowest BCUT2D eigenvalue weighted by molar-refractivity contribution is -0.0163. The normalized spacial score (nSPS) is 13.0. The number of benzene rings is 2. The van der Waals surface area contributed by atoms with E-state index in [2.05, 4.69) is 16.5 Å². The summed E-state index contributed by atoms with van der Waals surface area (Å²) < 4.78 is 12.5. The largest absolute Gasteiger partial charge is 0.467 e. The zero-order valence-corrected chi connectivity index (χ0v) is 15.6. The molecular formula is C21H21N3O3. The minimum atomic E-state index is -0.200. The Morgan fingerprint density at radius 1 is 1.07 bits per heavy atom. The Morgan fingerprint density at radius 2 is 1.85 bits per heavy atom. The first kappa shape index (κ1) is 17.3. The number of ether oxygens (including phenoxy) is 2. The van der Waals surface area contributed by atoms with Gasteiger partial charge in [-0.2, -0.15) is 5.10 Å². The fourth-order valence-corrected chi connectivity index (χ4v) is 3.28. The lowest BCUT2D eigenvalue weighted by Gasteiger charge is -2.18. The van der Waals surface area contributed by atoms with Crippen molar-refractivity contribution in [3.05, 3.63) is 70.4 Å². The van der Waals surface area contributed by atoms with Crippen LogP contribution < -0.4 is 10.1 Å². The summed E-state index contributed by atoms with van der Waals surface area (Å²) in [5.41, 5.74) is 5.46. The SMILES string of the molecule is Cc1cc(C)cc(-n2nc(C)cc2NC(=O)c2ccc3c(c2)COCO3)c1. The number of hydrogen-bond donors (Lipinski definition) is 1. The van der Waals surface area contributed by atoms with Gasteiger partial charge in [0.1, 0.15) is 11.6 Å². The lowest BCUT2D eigenvalue weighted by atomic mass is 10.1. The van der Waals surface area contributed by atoms with Crippen LogP contribution in [-0.2, 0) is 11.3 Å². The van der Waals surface area contributed by atoms with E-state index < -0.39 is 0 Å². The fraction of sp³-hybridized carbons (Fsp3) is 0.238. The van der Waals surface area contributed by atoms with Crippen molar-refractivity contribution >= 4 is 11.7 Å². The highest BCUT2D eigenvalue weighted by Gasteiger charge is 2.16. The number of nitrogens with one attached hydrogen (secondary N) is 1. The molecule has 0 bridgehead atoms. The molecule has 4 rings (SSSR count). The predicted molar refractivity (Wildman–Crippen MR) is 102 cm³/mol. The lowest BCUT2D eigenvalue weighted by Crippen LogP contribution is -2.17. The average molecular weight is 363 g/mol. The van der Waals surface area contributed by atoms with Crippen LogP contribution in [0.5, 0.6) is 5.75 Å². The summed E-state index contributed by atoms with van der Waals surface area (Å²) in [5.74, 6) is 1.19. The number of fused-ring (bicyclic) bond motifs is 1. The number of carbonyl (C=O) groups is 1. The van der Waals surface area contributed by atoms with E-state index in [1.807, 2.05) is 39.0 Å². The van der Waals surface area contributed by atoms with Crippen LogP contribution in [0.1, 0.15) is 32.7 Å². The Morgan fingerprint density at radius 3 is 2.63 bits per heavy atom. The van der Waals surface area contributed by atoms with E-state index in [0.717, 1.165) is 33.8 Å². The molecule has 2 heterocycles. The molecule has 1 amide bonds. The highest BCUT2D eigenvalue weighted by atomic mass is 16.7. The number of aryl methyl sites for hydroxylation is 3. The van der Waals surface area contributed by atoms with E-state index in [4.69, 9.17) is 9.47 Å². The Hall–Kier alpha value is -3.12. The molecule has 27 heavy (non-hydrogen) atoms. The third-order valence-corrected chi connectivity index (χ3v) is 4.40. The maximum Gasteiger partial charge on any atom is 0.256 e. The molecule has 0 unspecified atom stereocenters. The molecule has 0 aliphatic carbocycles. The molecule has 1 aromatic heterocycles. The maximum absolute atomic E-state index is 12.8. The second kappa shape index (κ2) is 6.89. The van der Waals surface area contributed by atoms with Gasteiger partial charge in [-0.15, -0.1) is 0 Å². The smallest absolute Gasteiger partial charge is 0.256 e.